The van der Waals surface area contributed by atoms with Gasteiger partial charge in [0.25, 0.3) is 0 Å². The molecule has 1 rings (SSSR count). The van der Waals surface area contributed by atoms with Crippen molar-refractivity contribution in [2.75, 3.05) is 18.0 Å². The van der Waals surface area contributed by atoms with Gasteiger partial charge in [-0.05, 0) is 44.0 Å². The molecule has 2 N–H and O–H groups in total. The van der Waals surface area contributed by atoms with Gasteiger partial charge in [-0.25, -0.2) is 4.39 Å². The summed E-state index contributed by atoms with van der Waals surface area (Å²) in [5, 5.41) is 0. The van der Waals surface area contributed by atoms with Gasteiger partial charge in [0.1, 0.15) is 5.82 Å². The number of nitrogens with zero attached hydrogens (tertiary/aromatic N) is 1. The zero-order valence-corrected chi connectivity index (χ0v) is 10.3. The first-order chi connectivity index (χ1) is 7.63. The summed E-state index contributed by atoms with van der Waals surface area (Å²) in [6, 6.07) is 6.54. The first-order valence-corrected chi connectivity index (χ1v) is 5.83. The van der Waals surface area contributed by atoms with Crippen molar-refractivity contribution in [3.8, 4) is 0 Å². The molecule has 0 aliphatic heterocycles. The lowest BCUT2D eigenvalue weighted by Gasteiger charge is -2.22. The minimum atomic E-state index is -0.206. The Balaban J connectivity index is 2.53. The van der Waals surface area contributed by atoms with E-state index in [1.54, 1.807) is 12.1 Å². The van der Waals surface area contributed by atoms with Crippen LogP contribution in [-0.2, 0) is 0 Å². The monoisotopic (exact) mass is 240 g/mol. The molecule has 16 heavy (non-hydrogen) atoms. The van der Waals surface area contributed by atoms with Gasteiger partial charge >= 0.3 is 0 Å². The second-order valence-electron chi connectivity index (χ2n) is 3.63. The normalized spacial score (nSPS) is 10.1. The first-order valence-electron chi connectivity index (χ1n) is 5.42. The quantitative estimate of drug-likeness (QED) is 0.775. The fourth-order valence-corrected chi connectivity index (χ4v) is 1.71. The molecule has 0 atom stereocenters. The summed E-state index contributed by atoms with van der Waals surface area (Å²) in [4.78, 5) is 2.73. The van der Waals surface area contributed by atoms with Crippen molar-refractivity contribution >= 4 is 22.9 Å². The van der Waals surface area contributed by atoms with Gasteiger partial charge in [-0.2, -0.15) is 0 Å². The van der Waals surface area contributed by atoms with E-state index >= 15 is 0 Å². The molecule has 0 bridgehead atoms. The third kappa shape index (κ3) is 4.14. The maximum atomic E-state index is 12.8. The lowest BCUT2D eigenvalue weighted by molar-refractivity contribution is 0.627. The Morgan fingerprint density at radius 3 is 2.50 bits per heavy atom. The molecule has 0 fully saturated rings. The highest BCUT2D eigenvalue weighted by Gasteiger charge is 2.04. The molecule has 0 heterocycles. The molecule has 0 unspecified atom stereocenters. The van der Waals surface area contributed by atoms with E-state index in [9.17, 15) is 4.39 Å². The van der Waals surface area contributed by atoms with E-state index in [0.29, 0.717) is 4.99 Å². The Labute approximate surface area is 101 Å². The van der Waals surface area contributed by atoms with E-state index in [1.807, 2.05) is 0 Å². The summed E-state index contributed by atoms with van der Waals surface area (Å²) in [5.74, 6) is -0.206. The second kappa shape index (κ2) is 6.43. The molecule has 0 aromatic heterocycles. The van der Waals surface area contributed by atoms with Crippen LogP contribution in [0.1, 0.15) is 19.8 Å². The third-order valence-electron chi connectivity index (χ3n) is 2.42. The molecule has 4 heteroatoms. The van der Waals surface area contributed by atoms with Gasteiger partial charge in [-0.15, -0.1) is 0 Å². The van der Waals surface area contributed by atoms with Crippen LogP contribution >= 0.6 is 12.2 Å². The lowest BCUT2D eigenvalue weighted by Crippen LogP contribution is -2.24. The van der Waals surface area contributed by atoms with Gasteiger partial charge in [0.05, 0.1) is 4.99 Å². The van der Waals surface area contributed by atoms with E-state index in [2.05, 4.69) is 11.8 Å². The van der Waals surface area contributed by atoms with Crippen molar-refractivity contribution in [1.29, 1.82) is 0 Å². The Morgan fingerprint density at radius 1 is 1.38 bits per heavy atom. The molecule has 1 aromatic rings. The van der Waals surface area contributed by atoms with E-state index < -0.39 is 0 Å². The summed E-state index contributed by atoms with van der Waals surface area (Å²) < 4.78 is 12.8. The average molecular weight is 240 g/mol. The van der Waals surface area contributed by atoms with Crippen LogP contribution in [0.5, 0.6) is 0 Å². The summed E-state index contributed by atoms with van der Waals surface area (Å²) in [7, 11) is 0. The van der Waals surface area contributed by atoms with Crippen LogP contribution in [0.4, 0.5) is 10.1 Å². The summed E-state index contributed by atoms with van der Waals surface area (Å²) >= 11 is 4.83. The average Bonchev–Trinajstić information content (AvgIpc) is 2.26. The highest BCUT2D eigenvalue weighted by atomic mass is 32.1. The molecule has 0 amide bonds. The Hall–Kier alpha value is -1.16. The Morgan fingerprint density at radius 2 is 2.00 bits per heavy atom. The van der Waals surface area contributed by atoms with Gasteiger partial charge < -0.3 is 10.6 Å². The molecule has 0 saturated carbocycles. The fourth-order valence-electron chi connectivity index (χ4n) is 1.57. The zero-order chi connectivity index (χ0) is 12.0. The molecule has 0 spiro atoms. The SMILES string of the molecule is CCN(CCCC(N)=S)c1ccc(F)cc1. The van der Waals surface area contributed by atoms with E-state index in [1.165, 1.54) is 12.1 Å². The van der Waals surface area contributed by atoms with Crippen molar-refractivity contribution in [2.24, 2.45) is 5.73 Å². The molecule has 0 saturated heterocycles. The largest absolute Gasteiger partial charge is 0.393 e. The molecule has 1 aromatic carbocycles. The molecule has 2 nitrogen and oxygen atoms in total. The smallest absolute Gasteiger partial charge is 0.123 e. The van der Waals surface area contributed by atoms with Gasteiger partial charge in [-0.1, -0.05) is 12.2 Å². The fraction of sp³-hybridized carbons (Fsp3) is 0.417. The van der Waals surface area contributed by atoms with Gasteiger partial charge in [-0.3, -0.25) is 0 Å². The second-order valence-corrected chi connectivity index (χ2v) is 4.15. The summed E-state index contributed by atoms with van der Waals surface area (Å²) in [5.41, 5.74) is 6.48. The van der Waals surface area contributed by atoms with Crippen molar-refractivity contribution in [2.45, 2.75) is 19.8 Å². The van der Waals surface area contributed by atoms with Crippen LogP contribution in [0.15, 0.2) is 24.3 Å². The van der Waals surface area contributed by atoms with Crippen molar-refractivity contribution in [1.82, 2.24) is 0 Å². The highest BCUT2D eigenvalue weighted by Crippen LogP contribution is 2.15. The third-order valence-corrected chi connectivity index (χ3v) is 2.63. The predicted octanol–water partition coefficient (Wildman–Crippen LogP) is 2.72. The van der Waals surface area contributed by atoms with Crippen molar-refractivity contribution in [3.05, 3.63) is 30.1 Å². The standard InChI is InChI=1S/C12H17FN2S/c1-2-15(9-3-4-12(14)16)11-7-5-10(13)6-8-11/h5-8H,2-4,9H2,1H3,(H2,14,16). The van der Waals surface area contributed by atoms with Crippen LogP contribution in [0.3, 0.4) is 0 Å². The van der Waals surface area contributed by atoms with E-state index in [4.69, 9.17) is 18.0 Å². The van der Waals surface area contributed by atoms with Gasteiger partial charge in [0.15, 0.2) is 0 Å². The van der Waals surface area contributed by atoms with Crippen LogP contribution in [0.25, 0.3) is 0 Å². The molecule has 0 radical (unpaired) electrons. The summed E-state index contributed by atoms with van der Waals surface area (Å²) in [6.07, 6.45) is 1.69. The number of hydrogen-bond acceptors (Lipinski definition) is 2. The maximum Gasteiger partial charge on any atom is 0.123 e. The van der Waals surface area contributed by atoms with Crippen LogP contribution in [-0.4, -0.2) is 18.1 Å². The number of halogens is 1. The number of hydrogen-bond donors (Lipinski definition) is 1. The predicted molar refractivity (Wildman–Crippen MR) is 70.3 cm³/mol. The maximum absolute atomic E-state index is 12.8. The summed E-state index contributed by atoms with van der Waals surface area (Å²) in [6.45, 7) is 3.85. The molecular formula is C12H17FN2S. The van der Waals surface area contributed by atoms with Crippen molar-refractivity contribution in [3.63, 3.8) is 0 Å². The van der Waals surface area contributed by atoms with E-state index in [0.717, 1.165) is 31.6 Å². The Kier molecular flexibility index (Phi) is 5.19. The van der Waals surface area contributed by atoms with Gasteiger partial charge in [0.2, 0.25) is 0 Å². The lowest BCUT2D eigenvalue weighted by atomic mass is 10.2. The molecule has 88 valence electrons. The topological polar surface area (TPSA) is 29.3 Å². The number of rotatable bonds is 6. The molecule has 0 aliphatic carbocycles. The Bertz CT molecular complexity index is 337. The van der Waals surface area contributed by atoms with Crippen molar-refractivity contribution < 1.29 is 4.39 Å². The minimum Gasteiger partial charge on any atom is -0.393 e. The minimum absolute atomic E-state index is 0.206. The molecular weight excluding hydrogens is 223 g/mol. The van der Waals surface area contributed by atoms with Gasteiger partial charge in [0, 0.05) is 18.8 Å². The highest BCUT2D eigenvalue weighted by molar-refractivity contribution is 7.80. The van der Waals surface area contributed by atoms with Crippen LogP contribution in [0, 0.1) is 5.82 Å². The van der Waals surface area contributed by atoms with E-state index in [-0.39, 0.29) is 5.82 Å². The molecule has 0 aliphatic rings. The number of thiocarbonyl (C=S) groups is 1. The van der Waals surface area contributed by atoms with Crippen LogP contribution < -0.4 is 10.6 Å². The number of nitrogens with two attached hydrogens (primary N) is 1. The zero-order valence-electron chi connectivity index (χ0n) is 9.45. The first kappa shape index (κ1) is 12.9. The van der Waals surface area contributed by atoms with Crippen LogP contribution in [0.2, 0.25) is 0 Å². The number of benzene rings is 1. The number of anilines is 1.